The van der Waals surface area contributed by atoms with Crippen LogP contribution in [0.2, 0.25) is 0 Å². The van der Waals surface area contributed by atoms with Crippen molar-refractivity contribution in [3.63, 3.8) is 0 Å². The Kier molecular flexibility index (Phi) is 7.72. The van der Waals surface area contributed by atoms with E-state index in [1.54, 1.807) is 0 Å². The summed E-state index contributed by atoms with van der Waals surface area (Å²) in [4.78, 5) is 14.6. The van der Waals surface area contributed by atoms with Crippen molar-refractivity contribution in [1.29, 1.82) is 0 Å². The SMILES string of the molecule is CN(C)CCCOc1cccc(NC(=O)CC2(CN)CCCCC2)c1. The fourth-order valence-electron chi connectivity index (χ4n) is 3.54. The fourth-order valence-corrected chi connectivity index (χ4v) is 3.54. The number of ether oxygens (including phenoxy) is 1. The fraction of sp³-hybridized carbons (Fsp3) is 0.650. The summed E-state index contributed by atoms with van der Waals surface area (Å²) in [6.45, 7) is 2.26. The zero-order chi connectivity index (χ0) is 18.1. The van der Waals surface area contributed by atoms with Crippen LogP contribution in [0.5, 0.6) is 5.75 Å². The molecule has 0 aliphatic heterocycles. The standard InChI is InChI=1S/C20H33N3O2/c1-23(2)12-7-13-25-18-9-6-8-17(14-18)22-19(24)15-20(16-21)10-4-3-5-11-20/h6,8-9,14H,3-5,7,10-13,15-16,21H2,1-2H3,(H,22,24). The second-order valence-corrected chi connectivity index (χ2v) is 7.52. The number of nitrogens with one attached hydrogen (secondary N) is 1. The molecule has 25 heavy (non-hydrogen) atoms. The van der Waals surface area contributed by atoms with Crippen LogP contribution in [0.25, 0.3) is 0 Å². The third-order valence-electron chi connectivity index (χ3n) is 5.02. The monoisotopic (exact) mass is 347 g/mol. The normalized spacial score (nSPS) is 16.6. The van der Waals surface area contributed by atoms with Crippen LogP contribution in [0.1, 0.15) is 44.9 Å². The molecule has 1 aliphatic carbocycles. The van der Waals surface area contributed by atoms with Crippen LogP contribution in [-0.4, -0.2) is 44.6 Å². The predicted molar refractivity (Wildman–Crippen MR) is 103 cm³/mol. The van der Waals surface area contributed by atoms with Crippen LogP contribution < -0.4 is 15.8 Å². The Bertz CT molecular complexity index is 539. The van der Waals surface area contributed by atoms with Gasteiger partial charge in [-0.2, -0.15) is 0 Å². The van der Waals surface area contributed by atoms with E-state index in [1.165, 1.54) is 19.3 Å². The van der Waals surface area contributed by atoms with Crippen molar-refractivity contribution in [2.45, 2.75) is 44.9 Å². The summed E-state index contributed by atoms with van der Waals surface area (Å²) in [5, 5.41) is 3.01. The van der Waals surface area contributed by atoms with Crippen LogP contribution in [0.4, 0.5) is 5.69 Å². The maximum Gasteiger partial charge on any atom is 0.224 e. The molecule has 5 heteroatoms. The van der Waals surface area contributed by atoms with Gasteiger partial charge in [-0.05, 0) is 57.5 Å². The molecule has 1 fully saturated rings. The smallest absolute Gasteiger partial charge is 0.224 e. The number of rotatable bonds is 9. The number of hydrogen-bond acceptors (Lipinski definition) is 4. The van der Waals surface area contributed by atoms with E-state index in [1.807, 2.05) is 24.3 Å². The molecule has 1 amide bonds. The van der Waals surface area contributed by atoms with E-state index in [0.29, 0.717) is 19.6 Å². The van der Waals surface area contributed by atoms with Crippen LogP contribution >= 0.6 is 0 Å². The van der Waals surface area contributed by atoms with Crippen LogP contribution in [0.15, 0.2) is 24.3 Å². The third kappa shape index (κ3) is 6.67. The molecular formula is C20H33N3O2. The van der Waals surface area contributed by atoms with Crippen LogP contribution in [0, 0.1) is 5.41 Å². The molecular weight excluding hydrogens is 314 g/mol. The quantitative estimate of drug-likeness (QED) is 0.673. The topological polar surface area (TPSA) is 67.6 Å². The first kappa shape index (κ1) is 19.7. The number of hydrogen-bond donors (Lipinski definition) is 2. The van der Waals surface area contributed by atoms with Crippen molar-refractivity contribution in [1.82, 2.24) is 4.90 Å². The highest BCUT2D eigenvalue weighted by Crippen LogP contribution is 2.38. The lowest BCUT2D eigenvalue weighted by Crippen LogP contribution is -2.36. The van der Waals surface area contributed by atoms with E-state index in [0.717, 1.165) is 37.2 Å². The molecule has 140 valence electrons. The lowest BCUT2D eigenvalue weighted by molar-refractivity contribution is -0.118. The molecule has 0 atom stereocenters. The van der Waals surface area contributed by atoms with Gasteiger partial charge in [-0.25, -0.2) is 0 Å². The minimum absolute atomic E-state index is 0.0113. The number of carbonyl (C=O) groups excluding carboxylic acids is 1. The Morgan fingerprint density at radius 1 is 1.28 bits per heavy atom. The minimum atomic E-state index is -0.0113. The van der Waals surface area contributed by atoms with Gasteiger partial charge in [-0.1, -0.05) is 25.3 Å². The number of amides is 1. The van der Waals surface area contributed by atoms with Crippen molar-refractivity contribution in [3.05, 3.63) is 24.3 Å². The van der Waals surface area contributed by atoms with E-state index >= 15 is 0 Å². The molecule has 1 aromatic rings. The van der Waals surface area contributed by atoms with Crippen molar-refractivity contribution in [3.8, 4) is 5.75 Å². The van der Waals surface area contributed by atoms with E-state index in [9.17, 15) is 4.79 Å². The molecule has 5 nitrogen and oxygen atoms in total. The zero-order valence-electron chi connectivity index (χ0n) is 15.7. The largest absolute Gasteiger partial charge is 0.493 e. The lowest BCUT2D eigenvalue weighted by Gasteiger charge is -2.35. The van der Waals surface area contributed by atoms with E-state index < -0.39 is 0 Å². The minimum Gasteiger partial charge on any atom is -0.493 e. The summed E-state index contributed by atoms with van der Waals surface area (Å²) in [6.07, 6.45) is 7.23. The molecule has 0 bridgehead atoms. The van der Waals surface area contributed by atoms with Gasteiger partial charge in [-0.15, -0.1) is 0 Å². The van der Waals surface area contributed by atoms with Gasteiger partial charge in [0.25, 0.3) is 0 Å². The van der Waals surface area contributed by atoms with Gasteiger partial charge in [0.2, 0.25) is 5.91 Å². The molecule has 0 radical (unpaired) electrons. The Balaban J connectivity index is 1.84. The average molecular weight is 348 g/mol. The summed E-state index contributed by atoms with van der Waals surface area (Å²) >= 11 is 0. The number of nitrogens with two attached hydrogens (primary N) is 1. The highest BCUT2D eigenvalue weighted by atomic mass is 16.5. The van der Waals surface area contributed by atoms with Gasteiger partial charge in [0.05, 0.1) is 6.61 Å². The molecule has 2 rings (SSSR count). The van der Waals surface area contributed by atoms with Crippen molar-refractivity contribution >= 4 is 11.6 Å². The highest BCUT2D eigenvalue weighted by molar-refractivity contribution is 5.91. The second-order valence-electron chi connectivity index (χ2n) is 7.52. The van der Waals surface area contributed by atoms with E-state index in [-0.39, 0.29) is 11.3 Å². The number of benzene rings is 1. The number of nitrogens with zero attached hydrogens (tertiary/aromatic N) is 1. The third-order valence-corrected chi connectivity index (χ3v) is 5.02. The average Bonchev–Trinajstić information content (AvgIpc) is 2.59. The first-order valence-electron chi connectivity index (χ1n) is 9.40. The van der Waals surface area contributed by atoms with Crippen molar-refractivity contribution < 1.29 is 9.53 Å². The molecule has 0 aromatic heterocycles. The molecule has 0 saturated heterocycles. The van der Waals surface area contributed by atoms with Crippen LogP contribution in [0.3, 0.4) is 0 Å². The molecule has 0 spiro atoms. The van der Waals surface area contributed by atoms with Gasteiger partial charge in [0.15, 0.2) is 0 Å². The Hall–Kier alpha value is -1.59. The zero-order valence-corrected chi connectivity index (χ0v) is 15.7. The first-order chi connectivity index (χ1) is 12.0. The Morgan fingerprint density at radius 3 is 2.72 bits per heavy atom. The first-order valence-corrected chi connectivity index (χ1v) is 9.40. The second kappa shape index (κ2) is 9.78. The summed E-state index contributed by atoms with van der Waals surface area (Å²) in [7, 11) is 4.10. The summed E-state index contributed by atoms with van der Waals surface area (Å²) in [5.74, 6) is 0.847. The lowest BCUT2D eigenvalue weighted by atomic mass is 9.71. The molecule has 1 aromatic carbocycles. The molecule has 0 heterocycles. The summed E-state index contributed by atoms with van der Waals surface area (Å²) in [6, 6.07) is 7.63. The summed E-state index contributed by atoms with van der Waals surface area (Å²) in [5.41, 5.74) is 6.77. The van der Waals surface area contributed by atoms with Crippen LogP contribution in [-0.2, 0) is 4.79 Å². The Labute approximate surface area is 151 Å². The predicted octanol–water partition coefficient (Wildman–Crippen LogP) is 3.25. The molecule has 0 unspecified atom stereocenters. The van der Waals surface area contributed by atoms with Gasteiger partial charge < -0.3 is 20.7 Å². The van der Waals surface area contributed by atoms with Gasteiger partial charge in [0.1, 0.15) is 5.75 Å². The van der Waals surface area contributed by atoms with Gasteiger partial charge >= 0.3 is 0 Å². The van der Waals surface area contributed by atoms with Gasteiger partial charge in [0, 0.05) is 24.7 Å². The number of anilines is 1. The molecule has 3 N–H and O–H groups in total. The maximum atomic E-state index is 12.5. The number of carbonyl (C=O) groups is 1. The molecule has 1 saturated carbocycles. The van der Waals surface area contributed by atoms with E-state index in [2.05, 4.69) is 24.3 Å². The molecule has 1 aliphatic rings. The van der Waals surface area contributed by atoms with E-state index in [4.69, 9.17) is 10.5 Å². The van der Waals surface area contributed by atoms with Crippen molar-refractivity contribution in [2.75, 3.05) is 39.1 Å². The maximum absolute atomic E-state index is 12.5. The Morgan fingerprint density at radius 2 is 2.04 bits per heavy atom. The summed E-state index contributed by atoms with van der Waals surface area (Å²) < 4.78 is 5.77. The highest BCUT2D eigenvalue weighted by Gasteiger charge is 2.32. The van der Waals surface area contributed by atoms with Gasteiger partial charge in [-0.3, -0.25) is 4.79 Å². The van der Waals surface area contributed by atoms with Crippen molar-refractivity contribution in [2.24, 2.45) is 11.1 Å².